The van der Waals surface area contributed by atoms with Gasteiger partial charge in [0.15, 0.2) is 0 Å². The number of carbonyl (C=O) groups is 1. The van der Waals surface area contributed by atoms with Crippen LogP contribution in [0.4, 0.5) is 0 Å². The number of amides is 1. The fraction of sp³-hybridized carbons (Fsp3) is 0.200. The maximum absolute atomic E-state index is 11.9. The van der Waals surface area contributed by atoms with Crippen molar-refractivity contribution in [3.05, 3.63) is 95.7 Å². The molecule has 0 saturated carbocycles. The first kappa shape index (κ1) is 20.1. The van der Waals surface area contributed by atoms with Gasteiger partial charge in [-0.25, -0.2) is 4.98 Å². The largest absolute Gasteiger partial charge is 0.397 e. The molecule has 1 unspecified atom stereocenters. The average molecular weight is 416 g/mol. The van der Waals surface area contributed by atoms with E-state index in [2.05, 4.69) is 61.7 Å². The number of thiazole rings is 1. The van der Waals surface area contributed by atoms with Crippen LogP contribution < -0.4 is 5.73 Å². The second-order valence-corrected chi connectivity index (χ2v) is 8.62. The molecule has 0 bridgehead atoms. The molecule has 3 aromatic rings. The highest BCUT2D eigenvalue weighted by atomic mass is 32.1. The zero-order valence-electron chi connectivity index (χ0n) is 16.9. The molecule has 5 heteroatoms. The van der Waals surface area contributed by atoms with E-state index in [0.717, 1.165) is 40.5 Å². The molecule has 0 radical (unpaired) electrons. The molecule has 0 spiro atoms. The molecule has 30 heavy (non-hydrogen) atoms. The number of benzene rings is 2. The summed E-state index contributed by atoms with van der Waals surface area (Å²) in [4.78, 5) is 19.6. The van der Waals surface area contributed by atoms with Gasteiger partial charge in [-0.3, -0.25) is 4.79 Å². The lowest BCUT2D eigenvalue weighted by atomic mass is 10.0. The topological polar surface area (TPSA) is 59.2 Å². The molecule has 1 fully saturated rings. The smallest absolute Gasteiger partial charge is 0.245 e. The number of rotatable bonds is 6. The van der Waals surface area contributed by atoms with Gasteiger partial charge >= 0.3 is 0 Å². The minimum atomic E-state index is -0.0215. The molecule has 1 atom stereocenters. The number of carbonyl (C=O) groups excluding carboxylic acids is 1. The Balaban J connectivity index is 1.57. The van der Waals surface area contributed by atoms with Gasteiger partial charge < -0.3 is 10.6 Å². The molecule has 4 nitrogen and oxygen atoms in total. The average Bonchev–Trinajstić information content (AvgIpc) is 3.42. The van der Waals surface area contributed by atoms with Crippen LogP contribution in [-0.2, 0) is 11.2 Å². The van der Waals surface area contributed by atoms with Crippen LogP contribution in [0.1, 0.15) is 34.2 Å². The third-order valence-electron chi connectivity index (χ3n) is 5.44. The number of hydrogen-bond donors (Lipinski definition) is 1. The molecule has 1 aromatic heterocycles. The number of hydrogen-bond acceptors (Lipinski definition) is 4. The quantitative estimate of drug-likeness (QED) is 0.587. The summed E-state index contributed by atoms with van der Waals surface area (Å²) in [6.07, 6.45) is 3.18. The summed E-state index contributed by atoms with van der Waals surface area (Å²) >= 11 is 1.65. The molecular formula is C25H25N3OS. The Labute approximate surface area is 181 Å². The third-order valence-corrected chi connectivity index (χ3v) is 6.71. The second kappa shape index (κ2) is 8.67. The molecular weight excluding hydrogens is 390 g/mol. The van der Waals surface area contributed by atoms with Gasteiger partial charge in [-0.1, -0.05) is 67.8 Å². The van der Waals surface area contributed by atoms with E-state index in [1.54, 1.807) is 11.3 Å². The molecule has 2 heterocycles. The first-order valence-corrected chi connectivity index (χ1v) is 10.9. The second-order valence-electron chi connectivity index (χ2n) is 7.59. The van der Waals surface area contributed by atoms with Crippen LogP contribution >= 0.6 is 11.3 Å². The predicted octanol–water partition coefficient (Wildman–Crippen LogP) is 4.83. The molecule has 1 aliphatic rings. The van der Waals surface area contributed by atoms with E-state index in [9.17, 15) is 4.79 Å². The van der Waals surface area contributed by atoms with Crippen molar-refractivity contribution in [2.45, 2.75) is 18.8 Å². The highest BCUT2D eigenvalue weighted by Gasteiger charge is 2.29. The van der Waals surface area contributed by atoms with Crippen LogP contribution in [0.15, 0.2) is 73.8 Å². The van der Waals surface area contributed by atoms with E-state index < -0.39 is 0 Å². The van der Waals surface area contributed by atoms with Crippen LogP contribution in [0.3, 0.4) is 0 Å². The summed E-state index contributed by atoms with van der Waals surface area (Å²) in [6, 6.07) is 19.0. The van der Waals surface area contributed by atoms with E-state index in [1.165, 1.54) is 17.2 Å². The summed E-state index contributed by atoms with van der Waals surface area (Å²) < 4.78 is 0. The zero-order valence-corrected chi connectivity index (χ0v) is 17.7. The number of nitrogens with two attached hydrogens (primary N) is 1. The van der Waals surface area contributed by atoms with Crippen molar-refractivity contribution >= 4 is 22.9 Å². The summed E-state index contributed by atoms with van der Waals surface area (Å²) in [6.45, 7) is 8.92. The highest BCUT2D eigenvalue weighted by molar-refractivity contribution is 7.15. The van der Waals surface area contributed by atoms with Gasteiger partial charge in [0, 0.05) is 19.0 Å². The van der Waals surface area contributed by atoms with Gasteiger partial charge in [-0.15, -0.1) is 11.3 Å². The van der Waals surface area contributed by atoms with E-state index in [1.807, 2.05) is 11.0 Å². The Bertz CT molecular complexity index is 1070. The molecule has 1 aliphatic heterocycles. The number of likely N-dealkylation sites (tertiary alicyclic amines) is 1. The Kier molecular flexibility index (Phi) is 5.81. The van der Waals surface area contributed by atoms with Gasteiger partial charge in [0.05, 0.1) is 15.6 Å². The van der Waals surface area contributed by atoms with Gasteiger partial charge in [0.25, 0.3) is 0 Å². The van der Waals surface area contributed by atoms with Gasteiger partial charge in [-0.05, 0) is 35.6 Å². The Hall–Kier alpha value is -3.18. The molecule has 152 valence electrons. The summed E-state index contributed by atoms with van der Waals surface area (Å²) in [5.74, 6) is 0.204. The molecule has 2 aromatic carbocycles. The minimum Gasteiger partial charge on any atom is -0.397 e. The molecule has 4 rings (SSSR count). The zero-order chi connectivity index (χ0) is 21.1. The monoisotopic (exact) mass is 415 g/mol. The Morgan fingerprint density at radius 1 is 1.17 bits per heavy atom. The third kappa shape index (κ3) is 4.21. The first-order valence-electron chi connectivity index (χ1n) is 10.0. The Morgan fingerprint density at radius 3 is 2.53 bits per heavy atom. The van der Waals surface area contributed by atoms with Crippen molar-refractivity contribution in [2.75, 3.05) is 13.1 Å². The van der Waals surface area contributed by atoms with Crippen LogP contribution in [0.2, 0.25) is 0 Å². The first-order chi connectivity index (χ1) is 14.5. The van der Waals surface area contributed by atoms with Crippen molar-refractivity contribution in [1.29, 1.82) is 0 Å². The summed E-state index contributed by atoms with van der Waals surface area (Å²) in [7, 11) is 0. The minimum absolute atomic E-state index is 0.0215. The van der Waals surface area contributed by atoms with Crippen molar-refractivity contribution in [1.82, 2.24) is 9.88 Å². The molecule has 0 aliphatic carbocycles. The van der Waals surface area contributed by atoms with Crippen molar-refractivity contribution in [3.63, 3.8) is 0 Å². The lowest BCUT2D eigenvalue weighted by Crippen LogP contribution is -2.26. The fourth-order valence-electron chi connectivity index (χ4n) is 3.82. The number of nitrogens with zero attached hydrogens (tertiary/aromatic N) is 2. The van der Waals surface area contributed by atoms with E-state index in [-0.39, 0.29) is 11.8 Å². The van der Waals surface area contributed by atoms with Crippen molar-refractivity contribution < 1.29 is 4.79 Å². The van der Waals surface area contributed by atoms with E-state index >= 15 is 0 Å². The predicted molar refractivity (Wildman–Crippen MR) is 124 cm³/mol. The summed E-state index contributed by atoms with van der Waals surface area (Å²) in [5, 5.41) is 1.01. The van der Waals surface area contributed by atoms with Crippen LogP contribution in [0.25, 0.3) is 16.1 Å². The van der Waals surface area contributed by atoms with Crippen LogP contribution in [-0.4, -0.2) is 28.9 Å². The normalized spacial score (nSPS) is 15.9. The Morgan fingerprint density at radius 2 is 1.87 bits per heavy atom. The van der Waals surface area contributed by atoms with Gasteiger partial charge in [0.1, 0.15) is 5.69 Å². The summed E-state index contributed by atoms with van der Waals surface area (Å²) in [5.41, 5.74) is 10.9. The molecule has 2 N–H and O–H groups in total. The highest BCUT2D eigenvalue weighted by Crippen LogP contribution is 2.38. The lowest BCUT2D eigenvalue weighted by Gasteiger charge is -2.12. The van der Waals surface area contributed by atoms with E-state index in [4.69, 9.17) is 10.7 Å². The van der Waals surface area contributed by atoms with Gasteiger partial charge in [0.2, 0.25) is 5.91 Å². The fourth-order valence-corrected chi connectivity index (χ4v) is 5.05. The maximum Gasteiger partial charge on any atom is 0.245 e. The lowest BCUT2D eigenvalue weighted by molar-refractivity contribution is -0.125. The van der Waals surface area contributed by atoms with Crippen molar-refractivity contribution in [3.8, 4) is 10.4 Å². The van der Waals surface area contributed by atoms with E-state index in [0.29, 0.717) is 12.2 Å². The van der Waals surface area contributed by atoms with Crippen molar-refractivity contribution in [2.24, 2.45) is 5.73 Å². The maximum atomic E-state index is 11.9. The standard InChI is InChI=1S/C25H25N3OS/c1-3-22(29)28-14-13-21(16-28)25-27-23(17(2)26)24(30-25)20-11-9-19(10-12-20)15-18-7-5-4-6-8-18/h3-12,21H,1-2,13-16,26H2. The SMILES string of the molecule is C=CC(=O)N1CCC(c2nc(C(=C)N)c(-c3ccc(Cc4ccccc4)cc3)s2)C1. The molecule has 1 amide bonds. The van der Waals surface area contributed by atoms with Crippen LogP contribution in [0, 0.1) is 0 Å². The van der Waals surface area contributed by atoms with Crippen LogP contribution in [0.5, 0.6) is 0 Å². The number of aromatic nitrogens is 1. The molecule has 1 saturated heterocycles. The van der Waals surface area contributed by atoms with Gasteiger partial charge in [-0.2, -0.15) is 0 Å².